The Bertz CT molecular complexity index is 335. The normalized spacial score (nSPS) is 36.5. The summed E-state index contributed by atoms with van der Waals surface area (Å²) in [4.78, 5) is 0. The predicted molar refractivity (Wildman–Crippen MR) is 81.6 cm³/mol. The summed E-state index contributed by atoms with van der Waals surface area (Å²) >= 11 is 0. The van der Waals surface area contributed by atoms with E-state index in [1.165, 1.54) is 0 Å². The summed E-state index contributed by atoms with van der Waals surface area (Å²) in [7, 11) is -2.00. The van der Waals surface area contributed by atoms with Crippen molar-refractivity contribution in [1.29, 1.82) is 0 Å². The van der Waals surface area contributed by atoms with E-state index in [4.69, 9.17) is 4.43 Å². The van der Waals surface area contributed by atoms with Gasteiger partial charge in [0.2, 0.25) is 0 Å². The number of hydrogen-bond acceptors (Lipinski definition) is 3. The van der Waals surface area contributed by atoms with Crippen molar-refractivity contribution in [2.45, 2.75) is 64.0 Å². The van der Waals surface area contributed by atoms with Crippen molar-refractivity contribution < 1.29 is 14.6 Å². The molecule has 3 nitrogen and oxygen atoms in total. The molecule has 1 aliphatic rings. The highest BCUT2D eigenvalue weighted by Gasteiger charge is 2.54. The third-order valence-electron chi connectivity index (χ3n) is 5.01. The highest BCUT2D eigenvalue weighted by Crippen LogP contribution is 2.48. The summed E-state index contributed by atoms with van der Waals surface area (Å²) in [6.07, 6.45) is 1.96. The van der Waals surface area contributed by atoms with E-state index in [2.05, 4.69) is 40.4 Å². The molecular formula is C15H30O3Si. The number of aliphatic hydroxyl groups excluding tert-OH is 2. The van der Waals surface area contributed by atoms with Gasteiger partial charge < -0.3 is 14.6 Å². The molecule has 2 N–H and O–H groups in total. The summed E-state index contributed by atoms with van der Waals surface area (Å²) in [5.41, 5.74) is -0.663. The third-order valence-corrected chi connectivity index (χ3v) is 9.54. The van der Waals surface area contributed by atoms with Crippen molar-refractivity contribution in [3.8, 4) is 0 Å². The maximum Gasteiger partial charge on any atom is 0.192 e. The van der Waals surface area contributed by atoms with E-state index >= 15 is 0 Å². The Balaban J connectivity index is 3.09. The van der Waals surface area contributed by atoms with E-state index < -0.39 is 20.0 Å². The number of aliphatic hydroxyl groups is 2. The van der Waals surface area contributed by atoms with Crippen LogP contribution in [-0.4, -0.2) is 36.8 Å². The second-order valence-corrected chi connectivity index (χ2v) is 12.2. The van der Waals surface area contributed by atoms with Crippen molar-refractivity contribution in [1.82, 2.24) is 0 Å². The van der Waals surface area contributed by atoms with Crippen LogP contribution in [0.1, 0.15) is 34.1 Å². The van der Waals surface area contributed by atoms with Crippen LogP contribution >= 0.6 is 0 Å². The van der Waals surface area contributed by atoms with Crippen molar-refractivity contribution in [2.24, 2.45) is 11.8 Å². The maximum atomic E-state index is 10.3. The Hall–Kier alpha value is -0.163. The van der Waals surface area contributed by atoms with Gasteiger partial charge in [0.15, 0.2) is 8.32 Å². The summed E-state index contributed by atoms with van der Waals surface area (Å²) in [6.45, 7) is 16.7. The smallest absolute Gasteiger partial charge is 0.192 e. The molecule has 0 radical (unpaired) electrons. The predicted octanol–water partition coefficient (Wildman–Crippen LogP) is 2.94. The Kier molecular flexibility index (Phi) is 4.73. The first-order valence-corrected chi connectivity index (χ1v) is 10.0. The maximum absolute atomic E-state index is 10.3. The molecule has 1 rings (SSSR count). The minimum atomic E-state index is -2.00. The Morgan fingerprint density at radius 3 is 2.32 bits per heavy atom. The standard InChI is InChI=1S/C15H30O3Si/c1-8-12-13(17)11(2)9-15(12,10-16)18-19(6,7)14(3,4)5/h8,11-13,16-17H,1,9-10H2,2-7H3/t11-,12-,13+,15-/m0/s1. The topological polar surface area (TPSA) is 49.7 Å². The monoisotopic (exact) mass is 286 g/mol. The first kappa shape index (κ1) is 16.9. The van der Waals surface area contributed by atoms with Gasteiger partial charge in [-0.1, -0.05) is 33.8 Å². The van der Waals surface area contributed by atoms with Gasteiger partial charge in [-0.05, 0) is 30.5 Å². The van der Waals surface area contributed by atoms with E-state index in [1.54, 1.807) is 6.08 Å². The van der Waals surface area contributed by atoms with Gasteiger partial charge in [-0.15, -0.1) is 6.58 Å². The van der Waals surface area contributed by atoms with Gasteiger partial charge >= 0.3 is 0 Å². The van der Waals surface area contributed by atoms with Gasteiger partial charge in [0, 0.05) is 5.92 Å². The molecule has 0 bridgehead atoms. The van der Waals surface area contributed by atoms with Crippen LogP contribution in [0.5, 0.6) is 0 Å². The molecule has 0 aliphatic heterocycles. The van der Waals surface area contributed by atoms with E-state index in [-0.39, 0.29) is 23.5 Å². The molecule has 4 atom stereocenters. The van der Waals surface area contributed by atoms with Crippen LogP contribution in [0.25, 0.3) is 0 Å². The molecule has 1 fully saturated rings. The van der Waals surface area contributed by atoms with Crippen LogP contribution in [0.4, 0.5) is 0 Å². The number of hydrogen-bond donors (Lipinski definition) is 2. The zero-order chi connectivity index (χ0) is 15.1. The molecule has 112 valence electrons. The minimum absolute atomic E-state index is 0.0579. The minimum Gasteiger partial charge on any atom is -0.408 e. The van der Waals surface area contributed by atoms with E-state index in [9.17, 15) is 10.2 Å². The van der Waals surface area contributed by atoms with Gasteiger partial charge in [-0.25, -0.2) is 0 Å². The largest absolute Gasteiger partial charge is 0.408 e. The second kappa shape index (κ2) is 5.32. The SMILES string of the molecule is C=C[C@H]1[C@H](O)[C@@H](C)C[C@@]1(CO)O[Si](C)(C)C(C)(C)C. The molecule has 0 spiro atoms. The lowest BCUT2D eigenvalue weighted by molar-refractivity contribution is -0.0359. The quantitative estimate of drug-likeness (QED) is 0.617. The molecule has 4 heteroatoms. The van der Waals surface area contributed by atoms with Crippen LogP contribution in [0, 0.1) is 11.8 Å². The summed E-state index contributed by atoms with van der Waals surface area (Å²) in [5, 5.41) is 20.3. The van der Waals surface area contributed by atoms with Crippen molar-refractivity contribution >= 4 is 8.32 Å². The average molecular weight is 286 g/mol. The average Bonchev–Trinajstić information content (AvgIpc) is 2.49. The van der Waals surface area contributed by atoms with Gasteiger partial charge in [-0.3, -0.25) is 0 Å². The molecule has 1 aliphatic carbocycles. The van der Waals surface area contributed by atoms with Crippen LogP contribution < -0.4 is 0 Å². The first-order valence-electron chi connectivity index (χ1n) is 7.12. The summed E-state index contributed by atoms with van der Waals surface area (Å²) in [5.74, 6) is -0.0680. The Morgan fingerprint density at radius 2 is 1.95 bits per heavy atom. The molecule has 0 saturated heterocycles. The summed E-state index contributed by atoms with van der Waals surface area (Å²) in [6, 6.07) is 0. The molecule has 0 heterocycles. The highest BCUT2D eigenvalue weighted by atomic mass is 28.4. The van der Waals surface area contributed by atoms with Gasteiger partial charge in [0.1, 0.15) is 0 Å². The zero-order valence-electron chi connectivity index (χ0n) is 13.2. The molecule has 19 heavy (non-hydrogen) atoms. The number of rotatable bonds is 4. The van der Waals surface area contributed by atoms with Crippen molar-refractivity contribution in [2.75, 3.05) is 6.61 Å². The fraction of sp³-hybridized carbons (Fsp3) is 0.867. The molecule has 0 aromatic heterocycles. The van der Waals surface area contributed by atoms with E-state index in [0.717, 1.165) is 0 Å². The third kappa shape index (κ3) is 2.97. The molecule has 0 unspecified atom stereocenters. The molecule has 1 saturated carbocycles. The molecule has 0 aromatic carbocycles. The lowest BCUT2D eigenvalue weighted by Gasteiger charge is -2.45. The zero-order valence-corrected chi connectivity index (χ0v) is 14.2. The van der Waals surface area contributed by atoms with E-state index in [0.29, 0.717) is 6.42 Å². The second-order valence-electron chi connectivity index (χ2n) is 7.52. The van der Waals surface area contributed by atoms with Crippen molar-refractivity contribution in [3.05, 3.63) is 12.7 Å². The van der Waals surface area contributed by atoms with Crippen LogP contribution in [0.15, 0.2) is 12.7 Å². The summed E-state index contributed by atoms with van der Waals surface area (Å²) < 4.78 is 6.50. The first-order chi connectivity index (χ1) is 8.50. The molecule has 0 aromatic rings. The van der Waals surface area contributed by atoms with E-state index in [1.807, 2.05) is 6.92 Å². The lowest BCUT2D eigenvalue weighted by Crippen LogP contribution is -2.54. The van der Waals surface area contributed by atoms with Gasteiger partial charge in [-0.2, -0.15) is 0 Å². The Morgan fingerprint density at radius 1 is 1.42 bits per heavy atom. The highest BCUT2D eigenvalue weighted by molar-refractivity contribution is 6.74. The molecular weight excluding hydrogens is 256 g/mol. The fourth-order valence-corrected chi connectivity index (χ4v) is 4.40. The fourth-order valence-electron chi connectivity index (χ4n) is 2.79. The van der Waals surface area contributed by atoms with Crippen LogP contribution in [0.3, 0.4) is 0 Å². The van der Waals surface area contributed by atoms with Gasteiger partial charge in [0.05, 0.1) is 18.3 Å². The lowest BCUT2D eigenvalue weighted by atomic mass is 9.91. The van der Waals surface area contributed by atoms with Crippen LogP contribution in [0.2, 0.25) is 18.1 Å². The van der Waals surface area contributed by atoms with Crippen LogP contribution in [-0.2, 0) is 4.43 Å². The Labute approximate surface area is 118 Å². The van der Waals surface area contributed by atoms with Gasteiger partial charge in [0.25, 0.3) is 0 Å². The van der Waals surface area contributed by atoms with Crippen molar-refractivity contribution in [3.63, 3.8) is 0 Å². The molecule has 0 amide bonds.